The SMILES string of the molecule is CN1CC2C(CCOc3cc4ncnc(Nc5ccc(F)c(Cl)c5)c4cc3[N+](=O)[O-])C2C1.O=[N+]([O-])c1cc2c(Nc3ccc(F)c(Cl)c3)ncnc2cc1F. The van der Waals surface area contributed by atoms with Crippen LogP contribution in [0.15, 0.2) is 73.3 Å². The van der Waals surface area contributed by atoms with Crippen molar-refractivity contribution in [1.82, 2.24) is 24.8 Å². The Morgan fingerprint density at radius 1 is 0.745 bits per heavy atom. The van der Waals surface area contributed by atoms with Crippen molar-refractivity contribution in [3.8, 4) is 5.75 Å². The molecule has 2 aromatic heterocycles. The molecule has 0 amide bonds. The van der Waals surface area contributed by atoms with E-state index in [1.807, 2.05) is 0 Å². The number of hydrogen-bond acceptors (Lipinski definition) is 12. The van der Waals surface area contributed by atoms with E-state index < -0.39 is 33.0 Å². The second-order valence-corrected chi connectivity index (χ2v) is 13.8. The fourth-order valence-corrected chi connectivity index (χ4v) is 7.11. The molecular formula is C36H28Cl2F3N9O5. The third-order valence-electron chi connectivity index (χ3n) is 9.44. The number of nitro benzene ring substituents is 2. The number of piperidine rings is 1. The third-order valence-corrected chi connectivity index (χ3v) is 10.0. The van der Waals surface area contributed by atoms with E-state index in [2.05, 4.69) is 42.5 Å². The Bertz CT molecular complexity index is 2470. The number of benzene rings is 4. The van der Waals surface area contributed by atoms with Crippen molar-refractivity contribution in [1.29, 1.82) is 0 Å². The van der Waals surface area contributed by atoms with Crippen LogP contribution >= 0.6 is 23.2 Å². The van der Waals surface area contributed by atoms with Crippen molar-refractivity contribution in [3.63, 3.8) is 0 Å². The fourth-order valence-electron chi connectivity index (χ4n) is 6.75. The summed E-state index contributed by atoms with van der Waals surface area (Å²) in [6, 6.07) is 13.0. The number of halogens is 5. The molecule has 6 aromatic rings. The van der Waals surface area contributed by atoms with Crippen LogP contribution in [-0.4, -0.2) is 61.4 Å². The summed E-state index contributed by atoms with van der Waals surface area (Å²) in [4.78, 5) is 39.9. The van der Waals surface area contributed by atoms with Gasteiger partial charge >= 0.3 is 11.4 Å². The summed E-state index contributed by atoms with van der Waals surface area (Å²) in [7, 11) is 2.13. The summed E-state index contributed by atoms with van der Waals surface area (Å²) in [6.07, 6.45) is 3.43. The van der Waals surface area contributed by atoms with Crippen LogP contribution in [0.4, 0.5) is 47.6 Å². The molecule has 0 bridgehead atoms. The molecule has 8 rings (SSSR count). The second kappa shape index (κ2) is 15.4. The molecule has 19 heteroatoms. The van der Waals surface area contributed by atoms with Crippen LogP contribution in [0, 0.1) is 55.4 Å². The molecule has 2 unspecified atom stereocenters. The molecule has 2 fully saturated rings. The average Bonchev–Trinajstić information content (AvgIpc) is 3.60. The summed E-state index contributed by atoms with van der Waals surface area (Å²) < 4.78 is 46.1. The van der Waals surface area contributed by atoms with Crippen molar-refractivity contribution < 1.29 is 27.8 Å². The zero-order chi connectivity index (χ0) is 39.0. The van der Waals surface area contributed by atoms with Crippen molar-refractivity contribution in [2.24, 2.45) is 17.8 Å². The first-order valence-electron chi connectivity index (χ1n) is 16.6. The lowest BCUT2D eigenvalue weighted by Gasteiger charge is -2.13. The van der Waals surface area contributed by atoms with E-state index in [4.69, 9.17) is 27.9 Å². The van der Waals surface area contributed by atoms with E-state index in [0.717, 1.165) is 49.5 Å². The van der Waals surface area contributed by atoms with E-state index in [1.165, 1.54) is 49.1 Å². The first kappa shape index (κ1) is 37.4. The van der Waals surface area contributed by atoms with Crippen molar-refractivity contribution in [2.45, 2.75) is 6.42 Å². The molecular weight excluding hydrogens is 766 g/mol. The Morgan fingerprint density at radius 3 is 1.76 bits per heavy atom. The maximum atomic E-state index is 13.6. The number of fused-ring (bicyclic) bond motifs is 3. The second-order valence-electron chi connectivity index (χ2n) is 13.0. The Morgan fingerprint density at radius 2 is 1.25 bits per heavy atom. The lowest BCUT2D eigenvalue weighted by atomic mass is 10.2. The average molecular weight is 795 g/mol. The molecule has 2 atom stereocenters. The lowest BCUT2D eigenvalue weighted by molar-refractivity contribution is -0.387. The van der Waals surface area contributed by atoms with Crippen LogP contribution in [0.5, 0.6) is 5.75 Å². The first-order valence-corrected chi connectivity index (χ1v) is 17.4. The normalized spacial score (nSPS) is 17.3. The molecule has 3 heterocycles. The van der Waals surface area contributed by atoms with Gasteiger partial charge in [0.05, 0.1) is 48.3 Å². The Balaban J connectivity index is 0.000000179. The van der Waals surface area contributed by atoms with Gasteiger partial charge in [-0.3, -0.25) is 20.2 Å². The Hall–Kier alpha value is -5.91. The largest absolute Gasteiger partial charge is 0.487 e. The number of nitrogens with zero attached hydrogens (tertiary/aromatic N) is 7. The summed E-state index contributed by atoms with van der Waals surface area (Å²) >= 11 is 11.5. The highest BCUT2D eigenvalue weighted by Crippen LogP contribution is 2.53. The zero-order valence-electron chi connectivity index (χ0n) is 28.6. The highest BCUT2D eigenvalue weighted by atomic mass is 35.5. The molecule has 1 saturated carbocycles. The van der Waals surface area contributed by atoms with Gasteiger partial charge in [-0.15, -0.1) is 0 Å². The number of nitro groups is 2. The quantitative estimate of drug-likeness (QED) is 0.0997. The molecule has 282 valence electrons. The number of aromatic nitrogens is 4. The minimum Gasteiger partial charge on any atom is -0.487 e. The van der Waals surface area contributed by atoms with E-state index in [9.17, 15) is 33.4 Å². The molecule has 0 radical (unpaired) electrons. The summed E-state index contributed by atoms with van der Waals surface area (Å²) in [5.41, 5.74) is 0.777. The van der Waals surface area contributed by atoms with E-state index in [-0.39, 0.29) is 38.2 Å². The van der Waals surface area contributed by atoms with Gasteiger partial charge in [-0.05, 0) is 67.6 Å². The highest BCUT2D eigenvalue weighted by Gasteiger charge is 2.54. The molecule has 0 spiro atoms. The predicted molar refractivity (Wildman–Crippen MR) is 200 cm³/mol. The minimum absolute atomic E-state index is 0.0403. The van der Waals surface area contributed by atoms with E-state index >= 15 is 0 Å². The fraction of sp³-hybridized carbons (Fsp3) is 0.222. The molecule has 2 aliphatic rings. The maximum Gasteiger partial charge on any atom is 0.311 e. The van der Waals surface area contributed by atoms with Crippen LogP contribution < -0.4 is 15.4 Å². The number of hydrogen-bond donors (Lipinski definition) is 2. The number of nitrogens with one attached hydrogen (secondary N) is 2. The number of rotatable bonds is 10. The van der Waals surface area contributed by atoms with Crippen LogP contribution in [0.3, 0.4) is 0 Å². The van der Waals surface area contributed by atoms with Crippen LogP contribution in [0.1, 0.15) is 6.42 Å². The van der Waals surface area contributed by atoms with Gasteiger partial charge in [0.25, 0.3) is 0 Å². The van der Waals surface area contributed by atoms with Gasteiger partial charge in [-0.25, -0.2) is 28.7 Å². The Labute approximate surface area is 319 Å². The molecule has 1 aliphatic carbocycles. The van der Waals surface area contributed by atoms with Gasteiger partial charge in [-0.2, -0.15) is 4.39 Å². The number of ether oxygens (including phenoxy) is 1. The smallest absolute Gasteiger partial charge is 0.311 e. The van der Waals surface area contributed by atoms with Gasteiger partial charge in [0.1, 0.15) is 35.9 Å². The summed E-state index contributed by atoms with van der Waals surface area (Å²) in [6.45, 7) is 2.67. The Kier molecular flexibility index (Phi) is 10.5. The summed E-state index contributed by atoms with van der Waals surface area (Å²) in [5, 5.41) is 29.0. The van der Waals surface area contributed by atoms with Crippen LogP contribution in [-0.2, 0) is 0 Å². The van der Waals surface area contributed by atoms with Crippen molar-refractivity contribution >= 4 is 79.4 Å². The minimum atomic E-state index is -0.989. The van der Waals surface area contributed by atoms with Crippen LogP contribution in [0.2, 0.25) is 10.0 Å². The molecule has 55 heavy (non-hydrogen) atoms. The zero-order valence-corrected chi connectivity index (χ0v) is 30.1. The van der Waals surface area contributed by atoms with Gasteiger partial charge in [-0.1, -0.05) is 23.2 Å². The number of likely N-dealkylation sites (tertiary alicyclic amines) is 1. The number of anilines is 4. The van der Waals surface area contributed by atoms with E-state index in [1.54, 1.807) is 6.07 Å². The molecule has 4 aromatic carbocycles. The monoisotopic (exact) mass is 793 g/mol. The van der Waals surface area contributed by atoms with Gasteiger partial charge in [0, 0.05) is 48.7 Å². The van der Waals surface area contributed by atoms with E-state index in [0.29, 0.717) is 40.6 Å². The molecule has 14 nitrogen and oxygen atoms in total. The highest BCUT2D eigenvalue weighted by molar-refractivity contribution is 6.31. The van der Waals surface area contributed by atoms with Gasteiger partial charge < -0.3 is 20.3 Å². The van der Waals surface area contributed by atoms with Gasteiger partial charge in [0.2, 0.25) is 5.82 Å². The third kappa shape index (κ3) is 8.13. The standard InChI is InChI=1S/C22H21ClFN5O3.C14H7ClF2N4O2/c1-28-9-15-13(16(15)10-28)4-5-32-21-8-19-14(7-20(21)29(30)31)22(26-11-25-19)27-12-2-3-18(24)17(23)6-12;15-9-3-7(1-2-10(9)16)20-14-8-4-13(21(22)23)11(17)5-12(8)18-6-19-14/h2-3,6-8,11,13,15-16H,4-5,9-10H2,1H3,(H,25,26,27);1-6H,(H,18,19,20). The molecule has 2 N–H and O–H groups in total. The maximum absolute atomic E-state index is 13.6. The predicted octanol–water partition coefficient (Wildman–Crippen LogP) is 8.86. The topological polar surface area (TPSA) is 174 Å². The van der Waals surface area contributed by atoms with Gasteiger partial charge in [0.15, 0.2) is 5.75 Å². The molecule has 1 saturated heterocycles. The first-order chi connectivity index (χ1) is 26.4. The summed E-state index contributed by atoms with van der Waals surface area (Å²) in [5.74, 6) is 0.755. The lowest BCUT2D eigenvalue weighted by Crippen LogP contribution is -2.19. The van der Waals surface area contributed by atoms with Crippen LogP contribution in [0.25, 0.3) is 21.8 Å². The van der Waals surface area contributed by atoms with Crippen molar-refractivity contribution in [3.05, 3.63) is 121 Å². The molecule has 1 aliphatic heterocycles. The van der Waals surface area contributed by atoms with Crippen molar-refractivity contribution in [2.75, 3.05) is 37.4 Å².